The summed E-state index contributed by atoms with van der Waals surface area (Å²) < 4.78 is 0. The molecule has 0 saturated carbocycles. The van der Waals surface area contributed by atoms with Gasteiger partial charge in [-0.2, -0.15) is 5.06 Å². The highest BCUT2D eigenvalue weighted by Crippen LogP contribution is 1.86. The van der Waals surface area contributed by atoms with Crippen molar-refractivity contribution in [2.24, 2.45) is 0 Å². The van der Waals surface area contributed by atoms with E-state index >= 15 is 0 Å². The van der Waals surface area contributed by atoms with Crippen LogP contribution in [0.1, 0.15) is 20.3 Å². The third kappa shape index (κ3) is 5.92. The number of hydroxylamine groups is 3. The summed E-state index contributed by atoms with van der Waals surface area (Å²) in [5, 5.41) is 19.7. The zero-order valence-corrected chi connectivity index (χ0v) is 7.56. The quantitative estimate of drug-likeness (QED) is 0.625. The van der Waals surface area contributed by atoms with E-state index in [2.05, 4.69) is 11.0 Å². The van der Waals surface area contributed by atoms with Gasteiger partial charge in [0.15, 0.2) is 0 Å². The Balaban J connectivity index is 3.45. The van der Waals surface area contributed by atoms with Crippen molar-refractivity contribution in [2.75, 3.05) is 19.6 Å². The molecule has 0 atom stereocenters. The number of nitrogens with zero attached hydrogens (tertiary/aromatic N) is 3. The van der Waals surface area contributed by atoms with Crippen LogP contribution >= 0.6 is 0 Å². The van der Waals surface area contributed by atoms with Gasteiger partial charge < -0.3 is 5.21 Å². The highest BCUT2D eigenvalue weighted by atomic mass is 16.5. The smallest absolute Gasteiger partial charge is 0.314 e. The van der Waals surface area contributed by atoms with Crippen molar-refractivity contribution in [3.05, 3.63) is 4.95 Å². The summed E-state index contributed by atoms with van der Waals surface area (Å²) in [5.41, 5.74) is 0. The van der Waals surface area contributed by atoms with Crippen LogP contribution in [0.25, 0.3) is 4.95 Å². The van der Waals surface area contributed by atoms with Gasteiger partial charge >= 0.3 is 6.07 Å². The van der Waals surface area contributed by atoms with Gasteiger partial charge in [0.05, 0.1) is 5.17 Å². The van der Waals surface area contributed by atoms with Gasteiger partial charge in [0.1, 0.15) is 17.9 Å². The topological polar surface area (TPSA) is 51.3 Å². The number of hydrogen-bond donors (Lipinski definition) is 2. The molecular formula is C7H16N3O2+. The molecular weight excluding hydrogens is 158 g/mol. The average Bonchev–Trinajstić information content (AvgIpc) is 2.11. The average molecular weight is 174 g/mol. The third-order valence-electron chi connectivity index (χ3n) is 1.32. The molecule has 0 aliphatic rings. The van der Waals surface area contributed by atoms with Crippen LogP contribution < -0.4 is 0 Å². The van der Waals surface area contributed by atoms with Crippen molar-refractivity contribution in [1.82, 2.24) is 10.2 Å². The Bertz CT molecular complexity index is 164. The first kappa shape index (κ1) is 11.2. The van der Waals surface area contributed by atoms with Crippen LogP contribution in [0.2, 0.25) is 0 Å². The molecule has 0 saturated heterocycles. The second-order valence-corrected chi connectivity index (χ2v) is 2.24. The zero-order valence-electron chi connectivity index (χ0n) is 7.56. The lowest BCUT2D eigenvalue weighted by atomic mass is 10.4. The van der Waals surface area contributed by atoms with Gasteiger partial charge in [-0.3, -0.25) is 0 Å². The normalized spacial score (nSPS) is 9.42. The van der Waals surface area contributed by atoms with Gasteiger partial charge in [-0.25, -0.2) is 5.21 Å². The minimum atomic E-state index is 0.434. The maximum atomic E-state index is 8.96. The Morgan fingerprint density at radius 3 is 2.42 bits per heavy atom. The van der Waals surface area contributed by atoms with E-state index in [1.807, 2.05) is 6.92 Å². The van der Waals surface area contributed by atoms with Gasteiger partial charge in [0.25, 0.3) is 0 Å². The van der Waals surface area contributed by atoms with Gasteiger partial charge in [-0.15, -0.1) is 0 Å². The summed E-state index contributed by atoms with van der Waals surface area (Å²) in [6.45, 7) is 5.12. The molecule has 0 aromatic carbocycles. The van der Waals surface area contributed by atoms with Crippen LogP contribution in [0.4, 0.5) is 0 Å². The van der Waals surface area contributed by atoms with E-state index in [4.69, 9.17) is 10.4 Å². The molecule has 5 nitrogen and oxygen atoms in total. The molecule has 0 rings (SSSR count). The summed E-state index contributed by atoms with van der Waals surface area (Å²) in [4.78, 5) is 3.55. The molecule has 0 aromatic rings. The lowest BCUT2D eigenvalue weighted by molar-refractivity contribution is -0.0842. The number of rotatable bonds is 4. The Morgan fingerprint density at radius 1 is 1.25 bits per heavy atom. The molecule has 0 heterocycles. The van der Waals surface area contributed by atoms with Crippen LogP contribution in [0.3, 0.4) is 0 Å². The van der Waals surface area contributed by atoms with Crippen LogP contribution in [0.15, 0.2) is 0 Å². The minimum Gasteiger partial charge on any atom is -0.314 e. The molecule has 0 aromatic heterocycles. The van der Waals surface area contributed by atoms with E-state index in [-0.39, 0.29) is 0 Å². The van der Waals surface area contributed by atoms with Crippen LogP contribution in [-0.4, -0.2) is 40.3 Å². The molecule has 0 radical (unpaired) electrons. The van der Waals surface area contributed by atoms with E-state index in [1.165, 1.54) is 0 Å². The van der Waals surface area contributed by atoms with Crippen LogP contribution in [0.5, 0.6) is 0 Å². The summed E-state index contributed by atoms with van der Waals surface area (Å²) in [5.74, 6) is 0. The van der Waals surface area contributed by atoms with Crippen molar-refractivity contribution in [3.63, 3.8) is 0 Å². The predicted molar refractivity (Wildman–Crippen MR) is 45.1 cm³/mol. The fraction of sp³-hybridized carbons (Fsp3) is 0.857. The molecule has 2 N–H and O–H groups in total. The summed E-state index contributed by atoms with van der Waals surface area (Å²) in [7, 11) is 0. The molecule has 0 bridgehead atoms. The molecule has 0 amide bonds. The molecule has 0 aliphatic heterocycles. The highest BCUT2D eigenvalue weighted by Gasteiger charge is 2.00. The van der Waals surface area contributed by atoms with Crippen molar-refractivity contribution >= 4 is 0 Å². The standard InChI is InChI=1S/C7H16N3O2/c1-3-9(11)7-5-6-8-10(12)4-2/h11-12H,3-5,7H2,1-2H3/q+1. The molecule has 0 fully saturated rings. The van der Waals surface area contributed by atoms with Crippen molar-refractivity contribution in [3.8, 4) is 6.07 Å². The molecule has 5 heteroatoms. The van der Waals surface area contributed by atoms with Crippen molar-refractivity contribution in [2.45, 2.75) is 20.3 Å². The lowest BCUT2D eigenvalue weighted by Gasteiger charge is -2.06. The molecule has 70 valence electrons. The Hall–Kier alpha value is -0.830. The third-order valence-corrected chi connectivity index (χ3v) is 1.32. The second kappa shape index (κ2) is 6.85. The fourth-order valence-corrected chi connectivity index (χ4v) is 0.540. The highest BCUT2D eigenvalue weighted by molar-refractivity contribution is 4.82. The van der Waals surface area contributed by atoms with Gasteiger partial charge in [-0.05, 0) is 6.92 Å². The van der Waals surface area contributed by atoms with Crippen LogP contribution in [-0.2, 0) is 0 Å². The van der Waals surface area contributed by atoms with E-state index in [1.54, 1.807) is 6.92 Å². The number of hydrogen-bond acceptors (Lipinski definition) is 4. The van der Waals surface area contributed by atoms with E-state index in [9.17, 15) is 0 Å². The maximum absolute atomic E-state index is 8.96. The van der Waals surface area contributed by atoms with E-state index in [0.717, 1.165) is 10.2 Å². The Morgan fingerprint density at radius 2 is 1.92 bits per heavy atom. The summed E-state index contributed by atoms with van der Waals surface area (Å²) in [6, 6.07) is 2.60. The van der Waals surface area contributed by atoms with Crippen molar-refractivity contribution < 1.29 is 10.4 Å². The van der Waals surface area contributed by atoms with Gasteiger partial charge in [0, 0.05) is 13.1 Å². The SMILES string of the molecule is CCN(O)CCC#[N+]N(O)CC. The van der Waals surface area contributed by atoms with Crippen molar-refractivity contribution in [1.29, 1.82) is 0 Å². The summed E-state index contributed by atoms with van der Waals surface area (Å²) >= 11 is 0. The Kier molecular flexibility index (Phi) is 6.38. The predicted octanol–water partition coefficient (Wildman–Crippen LogP) is 1.05. The van der Waals surface area contributed by atoms with Gasteiger partial charge in [-0.1, -0.05) is 6.92 Å². The molecule has 0 spiro atoms. The first-order chi connectivity index (χ1) is 5.70. The lowest BCUT2D eigenvalue weighted by Crippen LogP contribution is -2.19. The molecule has 0 unspecified atom stereocenters. The van der Waals surface area contributed by atoms with Crippen LogP contribution in [0, 0.1) is 6.07 Å². The van der Waals surface area contributed by atoms with E-state index < -0.39 is 0 Å². The Labute approximate surface area is 72.5 Å². The maximum Gasteiger partial charge on any atom is 0.323 e. The first-order valence-corrected chi connectivity index (χ1v) is 4.04. The summed E-state index contributed by atoms with van der Waals surface area (Å²) in [6.07, 6.45) is 0.501. The minimum absolute atomic E-state index is 0.434. The van der Waals surface area contributed by atoms with Gasteiger partial charge in [0.2, 0.25) is 0 Å². The first-order valence-electron chi connectivity index (χ1n) is 4.04. The largest absolute Gasteiger partial charge is 0.323 e. The molecule has 12 heavy (non-hydrogen) atoms. The fourth-order valence-electron chi connectivity index (χ4n) is 0.540. The monoisotopic (exact) mass is 174 g/mol. The second-order valence-electron chi connectivity index (χ2n) is 2.24. The van der Waals surface area contributed by atoms with E-state index in [0.29, 0.717) is 26.1 Å². The zero-order chi connectivity index (χ0) is 9.40. The molecule has 0 aliphatic carbocycles.